The summed E-state index contributed by atoms with van der Waals surface area (Å²) < 4.78 is 2.14. The van der Waals surface area contributed by atoms with E-state index in [4.69, 9.17) is 12.0 Å². The topological polar surface area (TPSA) is 16.8 Å². The predicted octanol–water partition coefficient (Wildman–Crippen LogP) is 9.61. The van der Waals surface area contributed by atoms with Crippen LogP contribution in [0.1, 0.15) is 22.5 Å². The molecule has 1 aliphatic carbocycles. The molecule has 0 atom stereocenters. The monoisotopic (exact) mass is 779 g/mol. The maximum Gasteiger partial charge on any atom is 0.123 e. The molecule has 2 heterocycles. The van der Waals surface area contributed by atoms with Crippen molar-refractivity contribution >= 4 is 21.5 Å². The molecule has 0 bridgehead atoms. The van der Waals surface area contributed by atoms with Crippen molar-refractivity contribution in [2.24, 2.45) is 0 Å². The van der Waals surface area contributed by atoms with E-state index in [0.717, 1.165) is 55.4 Å². The fourth-order valence-corrected chi connectivity index (χ4v) is 7.53. The minimum atomic E-state index is -0.768. The van der Waals surface area contributed by atoms with Crippen molar-refractivity contribution in [2.45, 2.75) is 5.41 Å². The van der Waals surface area contributed by atoms with Crippen LogP contribution in [0.15, 0.2) is 158 Å². The van der Waals surface area contributed by atoms with E-state index in [-0.39, 0.29) is 21.1 Å². The van der Waals surface area contributed by atoms with Crippen molar-refractivity contribution in [3.8, 4) is 33.6 Å². The van der Waals surface area contributed by atoms with E-state index in [1.54, 1.807) is 0 Å². The molecule has 2 nitrogen and oxygen atoms in total. The first-order valence-electron chi connectivity index (χ1n) is 15.6. The number of hydrogen-bond donors (Lipinski definition) is 0. The summed E-state index contributed by atoms with van der Waals surface area (Å²) in [5, 5.41) is 4.51. The fraction of sp³-hybridized carbons (Fsp3) is 0.0227. The molecular formula is C44H28N2Pt-2. The van der Waals surface area contributed by atoms with Crippen molar-refractivity contribution < 1.29 is 25.6 Å². The predicted molar refractivity (Wildman–Crippen MR) is 186 cm³/mol. The van der Waals surface area contributed by atoms with Crippen LogP contribution in [0, 0.1) is 19.2 Å². The number of rotatable bonds is 4. The Morgan fingerprint density at radius 1 is 0.553 bits per heavy atom. The molecule has 47 heavy (non-hydrogen) atoms. The van der Waals surface area contributed by atoms with E-state index >= 15 is 0 Å². The van der Waals surface area contributed by atoms with Crippen LogP contribution in [-0.2, 0) is 26.5 Å². The Bertz CT molecular complexity index is 2390. The molecule has 226 valence electrons. The number of pyridine rings is 2. The second-order valence-corrected chi connectivity index (χ2v) is 11.9. The van der Waals surface area contributed by atoms with Gasteiger partial charge in [0, 0.05) is 39.2 Å². The van der Waals surface area contributed by atoms with Crippen LogP contribution in [-0.4, -0.2) is 4.98 Å². The largest absolute Gasteiger partial charge is 0.316 e. The van der Waals surface area contributed by atoms with E-state index in [1.165, 1.54) is 22.3 Å². The Labute approximate surface area is 289 Å². The van der Waals surface area contributed by atoms with E-state index < -0.39 is 5.41 Å². The van der Waals surface area contributed by atoms with Gasteiger partial charge in [0.25, 0.3) is 0 Å². The molecule has 0 saturated carbocycles. The molecule has 0 aliphatic heterocycles. The van der Waals surface area contributed by atoms with Crippen LogP contribution in [0.25, 0.3) is 55.2 Å². The Kier molecular flexibility index (Phi) is 7.12. The van der Waals surface area contributed by atoms with E-state index in [1.807, 2.05) is 24.3 Å². The maximum atomic E-state index is 5.64. The Balaban J connectivity index is 0.00000324. The van der Waals surface area contributed by atoms with Gasteiger partial charge in [-0.3, -0.25) is 4.98 Å². The van der Waals surface area contributed by atoms with Gasteiger partial charge in [-0.15, -0.1) is 66.2 Å². The number of nitrogens with zero attached hydrogens (tertiary/aromatic N) is 2. The second-order valence-electron chi connectivity index (χ2n) is 11.9. The molecule has 9 rings (SSSR count). The van der Waals surface area contributed by atoms with Gasteiger partial charge in [-0.1, -0.05) is 103 Å². The van der Waals surface area contributed by atoms with E-state index in [9.17, 15) is 0 Å². The summed E-state index contributed by atoms with van der Waals surface area (Å²) in [6.07, 6.45) is 0. The van der Waals surface area contributed by atoms with Crippen LogP contribution in [0.3, 0.4) is 0 Å². The summed E-state index contributed by atoms with van der Waals surface area (Å²) in [6, 6.07) is 62.5. The first-order valence-corrected chi connectivity index (χ1v) is 15.6. The third kappa shape index (κ3) is 4.33. The molecule has 0 N–H and O–H groups in total. The standard InChI is InChI=1S/C44H28N2.Pt/c1-46-41(29-33-21-9-11-23-35(33)43(46)31-18-6-3-7-19-31)44(38-26-14-12-24-36(38)37-25-13-15-27-39(37)44)40-28-32-20-8-10-22-34(32)42(45-40)30-16-4-2-5-17-30;/h2-16,18,20-29H,1H2;/q-2;. The minimum Gasteiger partial charge on any atom is -0.316 e. The second kappa shape index (κ2) is 11.5. The third-order valence-corrected chi connectivity index (χ3v) is 9.46. The van der Waals surface area contributed by atoms with Crippen LogP contribution in [0.2, 0.25) is 0 Å². The number of fused-ring (bicyclic) bond motifs is 5. The molecule has 2 aromatic heterocycles. The van der Waals surface area contributed by atoms with Gasteiger partial charge in [0.2, 0.25) is 0 Å². The smallest absolute Gasteiger partial charge is 0.123 e. The molecule has 0 saturated heterocycles. The summed E-state index contributed by atoms with van der Waals surface area (Å²) >= 11 is 0. The molecule has 0 amide bonds. The molecule has 0 fully saturated rings. The number of benzene rings is 6. The molecule has 3 heteroatoms. The molecule has 0 unspecified atom stereocenters. The molecule has 0 spiro atoms. The van der Waals surface area contributed by atoms with E-state index in [0.29, 0.717) is 0 Å². The normalized spacial score (nSPS) is 12.8. The number of aromatic nitrogens is 2. The van der Waals surface area contributed by atoms with Crippen LogP contribution < -0.4 is 4.57 Å². The van der Waals surface area contributed by atoms with Crippen LogP contribution in [0.4, 0.5) is 0 Å². The first kappa shape index (κ1) is 29.1. The Morgan fingerprint density at radius 2 is 1.09 bits per heavy atom. The summed E-state index contributed by atoms with van der Waals surface area (Å²) in [5.74, 6) is 0. The van der Waals surface area contributed by atoms with Gasteiger partial charge in [0.1, 0.15) is 16.8 Å². The Hall–Kier alpha value is -5.30. The van der Waals surface area contributed by atoms with Gasteiger partial charge >= 0.3 is 0 Å². The van der Waals surface area contributed by atoms with Gasteiger partial charge in [0.15, 0.2) is 0 Å². The van der Waals surface area contributed by atoms with Gasteiger partial charge in [0.05, 0.1) is 0 Å². The molecule has 1 aliphatic rings. The Morgan fingerprint density at radius 3 is 1.72 bits per heavy atom. The van der Waals surface area contributed by atoms with Crippen molar-refractivity contribution in [3.63, 3.8) is 0 Å². The summed E-state index contributed by atoms with van der Waals surface area (Å²) in [7, 11) is 4.81. The van der Waals surface area contributed by atoms with Gasteiger partial charge in [-0.05, 0) is 56.2 Å². The van der Waals surface area contributed by atoms with Crippen molar-refractivity contribution in [3.05, 3.63) is 199 Å². The summed E-state index contributed by atoms with van der Waals surface area (Å²) in [6.45, 7) is 0. The zero-order valence-corrected chi connectivity index (χ0v) is 27.7. The van der Waals surface area contributed by atoms with E-state index in [2.05, 4.69) is 150 Å². The van der Waals surface area contributed by atoms with Crippen LogP contribution >= 0.6 is 0 Å². The summed E-state index contributed by atoms with van der Waals surface area (Å²) in [5.41, 5.74) is 9.94. The molecule has 0 radical (unpaired) electrons. The molecular weight excluding hydrogens is 752 g/mol. The fourth-order valence-electron chi connectivity index (χ4n) is 7.53. The van der Waals surface area contributed by atoms with Gasteiger partial charge in [-0.25, -0.2) is 0 Å². The third-order valence-electron chi connectivity index (χ3n) is 9.46. The van der Waals surface area contributed by atoms with Gasteiger partial charge < -0.3 is 4.57 Å². The SMILES string of the molecule is [CH2-][n+]1c(C2(c3cc4ccccc4c(-c4[c-]cccc4)n3)c3ccccc3-c3ccccc32)cc2ccccc2c1-c1[c-]cccc1.[Pt]. The maximum absolute atomic E-state index is 5.64. The van der Waals surface area contributed by atoms with Gasteiger partial charge in [-0.2, -0.15) is 0 Å². The zero-order chi connectivity index (χ0) is 30.7. The van der Waals surface area contributed by atoms with Crippen molar-refractivity contribution in [1.29, 1.82) is 0 Å². The van der Waals surface area contributed by atoms with Crippen molar-refractivity contribution in [2.75, 3.05) is 0 Å². The average molecular weight is 780 g/mol. The van der Waals surface area contributed by atoms with Crippen molar-refractivity contribution in [1.82, 2.24) is 4.98 Å². The minimum absolute atomic E-state index is 0. The molecule has 8 aromatic rings. The average Bonchev–Trinajstić information content (AvgIpc) is 3.42. The van der Waals surface area contributed by atoms with Crippen LogP contribution in [0.5, 0.6) is 0 Å². The first-order chi connectivity index (χ1) is 22.7. The quantitative estimate of drug-likeness (QED) is 0.129. The zero-order valence-electron chi connectivity index (χ0n) is 25.4. The summed E-state index contributed by atoms with van der Waals surface area (Å²) in [4.78, 5) is 5.64. The molecule has 6 aromatic carbocycles. The number of hydrogen-bond acceptors (Lipinski definition) is 1.